The molecule has 0 aliphatic carbocycles. The van der Waals surface area contributed by atoms with Crippen LogP contribution < -0.4 is 4.90 Å². The van der Waals surface area contributed by atoms with Gasteiger partial charge in [0.05, 0.1) is 34.6 Å². The summed E-state index contributed by atoms with van der Waals surface area (Å²) in [6.07, 6.45) is 4.81. The number of carbonyl (C=O) groups is 1. The van der Waals surface area contributed by atoms with Crippen LogP contribution in [0.25, 0.3) is 10.9 Å². The monoisotopic (exact) mass is 445 g/mol. The maximum atomic E-state index is 12.8. The summed E-state index contributed by atoms with van der Waals surface area (Å²) in [5, 5.41) is 10.5. The SMILES string of the molecule is C=CCC1C(=O)N(c2ccc(I)c3cccnc23)C1CC(C)(C)C#N. The summed E-state index contributed by atoms with van der Waals surface area (Å²) in [6, 6.07) is 10.3. The van der Waals surface area contributed by atoms with Crippen LogP contribution in [-0.2, 0) is 4.79 Å². The van der Waals surface area contributed by atoms with Crippen LogP contribution >= 0.6 is 22.6 Å². The highest BCUT2D eigenvalue weighted by molar-refractivity contribution is 14.1. The van der Waals surface area contributed by atoms with Crippen molar-refractivity contribution < 1.29 is 4.79 Å². The van der Waals surface area contributed by atoms with Gasteiger partial charge in [-0.25, -0.2) is 0 Å². The predicted octanol–water partition coefficient (Wildman–Crippen LogP) is 4.69. The fraction of sp³-hybridized carbons (Fsp3) is 0.350. The van der Waals surface area contributed by atoms with Crippen LogP contribution in [0.4, 0.5) is 5.69 Å². The van der Waals surface area contributed by atoms with Gasteiger partial charge in [-0.15, -0.1) is 6.58 Å². The topological polar surface area (TPSA) is 57.0 Å². The van der Waals surface area contributed by atoms with Gasteiger partial charge in [0.2, 0.25) is 5.91 Å². The summed E-state index contributed by atoms with van der Waals surface area (Å²) in [4.78, 5) is 19.2. The van der Waals surface area contributed by atoms with Gasteiger partial charge >= 0.3 is 0 Å². The van der Waals surface area contributed by atoms with E-state index in [9.17, 15) is 10.1 Å². The number of carbonyl (C=O) groups excluding carboxylic acids is 1. The van der Waals surface area contributed by atoms with E-state index in [1.165, 1.54) is 0 Å². The minimum atomic E-state index is -0.491. The molecule has 1 fully saturated rings. The number of halogens is 1. The molecule has 4 nitrogen and oxygen atoms in total. The molecule has 2 unspecified atom stereocenters. The molecule has 0 N–H and O–H groups in total. The van der Waals surface area contributed by atoms with Gasteiger partial charge in [0.25, 0.3) is 0 Å². The van der Waals surface area contributed by atoms with E-state index in [1.54, 1.807) is 12.3 Å². The standard InChI is InChI=1S/C20H20IN3O/c1-4-6-14-17(11-20(2,3)12-22)24(19(14)25)16-9-8-15(21)13-7-5-10-23-18(13)16/h4-5,7-10,14,17H,1,6,11H2,2-3H3. The van der Waals surface area contributed by atoms with Crippen LogP contribution in [0.5, 0.6) is 0 Å². The predicted molar refractivity (Wildman–Crippen MR) is 108 cm³/mol. The highest BCUT2D eigenvalue weighted by Crippen LogP contribution is 2.43. The Bertz CT molecular complexity index is 884. The molecule has 3 rings (SSSR count). The third-order valence-electron chi connectivity index (χ3n) is 4.75. The minimum Gasteiger partial charge on any atom is -0.306 e. The second-order valence-corrected chi connectivity index (χ2v) is 8.23. The molecule has 128 valence electrons. The van der Waals surface area contributed by atoms with Crippen LogP contribution in [0, 0.1) is 26.2 Å². The minimum absolute atomic E-state index is 0.00887. The maximum Gasteiger partial charge on any atom is 0.232 e. The second kappa shape index (κ2) is 6.75. The van der Waals surface area contributed by atoms with Crippen molar-refractivity contribution in [3.05, 3.63) is 46.7 Å². The van der Waals surface area contributed by atoms with Crippen LogP contribution in [-0.4, -0.2) is 16.9 Å². The number of rotatable bonds is 5. The lowest BCUT2D eigenvalue weighted by Gasteiger charge is -2.49. The molecular weight excluding hydrogens is 425 g/mol. The van der Waals surface area contributed by atoms with Gasteiger partial charge in [-0.3, -0.25) is 9.78 Å². The van der Waals surface area contributed by atoms with Crippen molar-refractivity contribution in [1.29, 1.82) is 5.26 Å². The number of nitriles is 1. The zero-order valence-electron chi connectivity index (χ0n) is 14.4. The first-order valence-electron chi connectivity index (χ1n) is 8.28. The summed E-state index contributed by atoms with van der Waals surface area (Å²) in [5.41, 5.74) is 1.18. The van der Waals surface area contributed by atoms with Gasteiger partial charge < -0.3 is 4.90 Å². The second-order valence-electron chi connectivity index (χ2n) is 7.07. The van der Waals surface area contributed by atoms with Gasteiger partial charge in [0.15, 0.2) is 0 Å². The Hall–Kier alpha value is -1.94. The molecule has 1 aromatic carbocycles. The van der Waals surface area contributed by atoms with Gasteiger partial charge in [-0.05, 0) is 67.5 Å². The largest absolute Gasteiger partial charge is 0.306 e. The lowest BCUT2D eigenvalue weighted by atomic mass is 9.74. The van der Waals surface area contributed by atoms with E-state index in [2.05, 4.69) is 40.2 Å². The maximum absolute atomic E-state index is 12.8. The third-order valence-corrected chi connectivity index (χ3v) is 5.69. The molecule has 5 heteroatoms. The molecule has 1 aliphatic rings. The Labute approximate surface area is 161 Å². The van der Waals surface area contributed by atoms with Gasteiger partial charge in [-0.2, -0.15) is 5.26 Å². The number of hydrogen-bond donors (Lipinski definition) is 0. The first-order valence-corrected chi connectivity index (χ1v) is 9.36. The van der Waals surface area contributed by atoms with Crippen molar-refractivity contribution in [2.24, 2.45) is 11.3 Å². The van der Waals surface area contributed by atoms with Crippen LogP contribution in [0.2, 0.25) is 0 Å². The zero-order chi connectivity index (χ0) is 18.2. The number of amides is 1. The molecular formula is C20H20IN3O. The van der Waals surface area contributed by atoms with E-state index >= 15 is 0 Å². The van der Waals surface area contributed by atoms with Crippen molar-refractivity contribution in [1.82, 2.24) is 4.98 Å². The molecule has 1 saturated heterocycles. The molecule has 2 atom stereocenters. The van der Waals surface area contributed by atoms with E-state index in [-0.39, 0.29) is 17.9 Å². The van der Waals surface area contributed by atoms with Gasteiger partial charge in [0.1, 0.15) is 0 Å². The van der Waals surface area contributed by atoms with Crippen molar-refractivity contribution in [3.8, 4) is 6.07 Å². The average Bonchev–Trinajstić information content (AvgIpc) is 2.61. The number of β-lactam (4-membered cyclic amide) rings is 1. The number of pyridine rings is 1. The molecule has 1 amide bonds. The number of allylic oxidation sites excluding steroid dienone is 1. The molecule has 0 bridgehead atoms. The van der Waals surface area contributed by atoms with E-state index in [1.807, 2.05) is 43.0 Å². The van der Waals surface area contributed by atoms with Crippen LogP contribution in [0.3, 0.4) is 0 Å². The molecule has 0 spiro atoms. The Balaban J connectivity index is 2.06. The highest BCUT2D eigenvalue weighted by Gasteiger charge is 2.49. The Morgan fingerprint density at radius 1 is 1.44 bits per heavy atom. The van der Waals surface area contributed by atoms with E-state index in [4.69, 9.17) is 0 Å². The van der Waals surface area contributed by atoms with E-state index in [0.29, 0.717) is 12.8 Å². The normalized spacial score (nSPS) is 20.2. The van der Waals surface area contributed by atoms with Crippen molar-refractivity contribution in [3.63, 3.8) is 0 Å². The highest BCUT2D eigenvalue weighted by atomic mass is 127. The molecule has 1 aliphatic heterocycles. The Morgan fingerprint density at radius 2 is 2.20 bits per heavy atom. The summed E-state index contributed by atoms with van der Waals surface area (Å²) >= 11 is 2.28. The van der Waals surface area contributed by atoms with E-state index in [0.717, 1.165) is 20.2 Å². The summed E-state index contributed by atoms with van der Waals surface area (Å²) in [5.74, 6) is -0.0185. The molecule has 2 heterocycles. The summed E-state index contributed by atoms with van der Waals surface area (Å²) in [6.45, 7) is 7.62. The smallest absolute Gasteiger partial charge is 0.232 e. The number of benzene rings is 1. The van der Waals surface area contributed by atoms with Crippen LogP contribution in [0.1, 0.15) is 26.7 Å². The van der Waals surface area contributed by atoms with Gasteiger partial charge in [-0.1, -0.05) is 12.1 Å². The number of hydrogen-bond acceptors (Lipinski definition) is 3. The fourth-order valence-corrected chi connectivity index (χ4v) is 4.07. The molecule has 1 aromatic heterocycles. The molecule has 2 aromatic rings. The summed E-state index contributed by atoms with van der Waals surface area (Å²) in [7, 11) is 0. The average molecular weight is 445 g/mol. The zero-order valence-corrected chi connectivity index (χ0v) is 16.5. The van der Waals surface area contributed by atoms with Crippen LogP contribution in [0.15, 0.2) is 43.1 Å². The van der Waals surface area contributed by atoms with Crippen molar-refractivity contribution >= 4 is 45.1 Å². The number of anilines is 1. The van der Waals surface area contributed by atoms with Gasteiger partial charge in [0, 0.05) is 15.2 Å². The Morgan fingerprint density at radius 3 is 2.88 bits per heavy atom. The van der Waals surface area contributed by atoms with Crippen molar-refractivity contribution in [2.75, 3.05) is 4.90 Å². The lowest BCUT2D eigenvalue weighted by molar-refractivity contribution is -0.130. The molecule has 0 radical (unpaired) electrons. The van der Waals surface area contributed by atoms with Crippen molar-refractivity contribution in [2.45, 2.75) is 32.7 Å². The first-order chi connectivity index (χ1) is 11.9. The fourth-order valence-electron chi connectivity index (χ4n) is 3.46. The van der Waals surface area contributed by atoms with E-state index < -0.39 is 5.41 Å². The first kappa shape index (κ1) is 17.9. The molecule has 0 saturated carbocycles. The molecule has 25 heavy (non-hydrogen) atoms. The third kappa shape index (κ3) is 3.15. The number of nitrogens with zero attached hydrogens (tertiary/aromatic N) is 3. The quantitative estimate of drug-likeness (QED) is 0.381. The summed E-state index contributed by atoms with van der Waals surface area (Å²) < 4.78 is 1.11. The lowest BCUT2D eigenvalue weighted by Crippen LogP contribution is -2.62. The number of aromatic nitrogens is 1. The Kier molecular flexibility index (Phi) is 4.83. The number of fused-ring (bicyclic) bond motifs is 1.